The fraction of sp³-hybridized carbons (Fsp3) is 0.207. The van der Waals surface area contributed by atoms with Gasteiger partial charge in [-0.25, -0.2) is 9.48 Å². The SMILES string of the molecule is Cc1cccc(C)c1NC(=O)N(CC(=O)Nc1cc(-c2ccccc2)nn1-c1ccccc1)C(C)C. The number of aryl methyl sites for hydroxylation is 2. The van der Waals surface area contributed by atoms with Gasteiger partial charge in [0.15, 0.2) is 0 Å². The second-order valence-electron chi connectivity index (χ2n) is 8.99. The molecule has 0 spiro atoms. The third-order valence-corrected chi connectivity index (χ3v) is 5.96. The van der Waals surface area contributed by atoms with E-state index in [0.717, 1.165) is 33.8 Å². The minimum atomic E-state index is -0.320. The number of nitrogens with one attached hydrogen (secondary N) is 2. The van der Waals surface area contributed by atoms with Gasteiger partial charge in [0.25, 0.3) is 0 Å². The molecule has 0 saturated carbocycles. The third-order valence-electron chi connectivity index (χ3n) is 5.96. The van der Waals surface area contributed by atoms with Gasteiger partial charge in [0, 0.05) is 23.4 Å². The number of rotatable bonds is 7. The number of carbonyl (C=O) groups is 2. The van der Waals surface area contributed by atoms with Gasteiger partial charge in [-0.15, -0.1) is 0 Å². The van der Waals surface area contributed by atoms with Crippen LogP contribution in [-0.4, -0.2) is 39.2 Å². The van der Waals surface area contributed by atoms with Gasteiger partial charge in [-0.3, -0.25) is 4.79 Å². The molecule has 4 rings (SSSR count). The highest BCUT2D eigenvalue weighted by Crippen LogP contribution is 2.25. The van der Waals surface area contributed by atoms with Gasteiger partial charge in [0.1, 0.15) is 12.4 Å². The molecule has 2 N–H and O–H groups in total. The monoisotopic (exact) mass is 481 g/mol. The molecule has 1 heterocycles. The van der Waals surface area contributed by atoms with Crippen molar-refractivity contribution in [1.29, 1.82) is 0 Å². The van der Waals surface area contributed by atoms with Crippen molar-refractivity contribution in [2.75, 3.05) is 17.2 Å². The van der Waals surface area contributed by atoms with E-state index in [1.165, 1.54) is 4.90 Å². The number of amides is 3. The molecule has 184 valence electrons. The van der Waals surface area contributed by atoms with Crippen LogP contribution in [0.25, 0.3) is 16.9 Å². The standard InChI is InChI=1S/C29H31N5O2/c1-20(2)33(29(36)31-28-21(3)12-11-13-22(28)4)19-27(35)30-26-18-25(23-14-7-5-8-15-23)32-34(26)24-16-9-6-10-17-24/h5-18,20H,19H2,1-4H3,(H,30,35)(H,31,36). The molecule has 1 aromatic heterocycles. The molecule has 4 aromatic rings. The lowest BCUT2D eigenvalue weighted by Crippen LogP contribution is -2.45. The topological polar surface area (TPSA) is 79.3 Å². The Balaban J connectivity index is 1.56. The zero-order valence-electron chi connectivity index (χ0n) is 21.0. The van der Waals surface area contributed by atoms with Gasteiger partial charge in [-0.2, -0.15) is 5.10 Å². The summed E-state index contributed by atoms with van der Waals surface area (Å²) >= 11 is 0. The number of hydrogen-bond acceptors (Lipinski definition) is 3. The molecule has 3 amide bonds. The van der Waals surface area contributed by atoms with Crippen LogP contribution in [0.15, 0.2) is 84.9 Å². The number of anilines is 2. The van der Waals surface area contributed by atoms with Crippen LogP contribution >= 0.6 is 0 Å². The second kappa shape index (κ2) is 10.9. The number of para-hydroxylation sites is 2. The van der Waals surface area contributed by atoms with E-state index in [4.69, 9.17) is 5.10 Å². The number of urea groups is 1. The maximum Gasteiger partial charge on any atom is 0.322 e. The Kier molecular flexibility index (Phi) is 7.49. The molecule has 0 aliphatic carbocycles. The number of aromatic nitrogens is 2. The van der Waals surface area contributed by atoms with Gasteiger partial charge in [0.05, 0.1) is 11.4 Å². The average Bonchev–Trinajstić information content (AvgIpc) is 3.29. The molecule has 0 aliphatic heterocycles. The summed E-state index contributed by atoms with van der Waals surface area (Å²) in [6, 6.07) is 26.6. The molecule has 0 fully saturated rings. The highest BCUT2D eigenvalue weighted by molar-refractivity contribution is 5.97. The molecule has 0 bridgehead atoms. The van der Waals surface area contributed by atoms with Crippen LogP contribution < -0.4 is 10.6 Å². The second-order valence-corrected chi connectivity index (χ2v) is 8.99. The molecule has 0 atom stereocenters. The van der Waals surface area contributed by atoms with E-state index in [0.29, 0.717) is 5.82 Å². The van der Waals surface area contributed by atoms with Gasteiger partial charge in [-0.1, -0.05) is 66.7 Å². The maximum absolute atomic E-state index is 13.2. The molecule has 36 heavy (non-hydrogen) atoms. The molecule has 7 heteroatoms. The van der Waals surface area contributed by atoms with E-state index in [2.05, 4.69) is 10.6 Å². The normalized spacial score (nSPS) is 10.8. The van der Waals surface area contributed by atoms with E-state index in [1.54, 1.807) is 4.68 Å². The Morgan fingerprint density at radius 3 is 2.08 bits per heavy atom. The van der Waals surface area contributed by atoms with E-state index >= 15 is 0 Å². The quantitative estimate of drug-likeness (QED) is 0.338. The zero-order valence-corrected chi connectivity index (χ0v) is 21.0. The molecule has 0 radical (unpaired) electrons. The van der Waals surface area contributed by atoms with E-state index in [9.17, 15) is 9.59 Å². The van der Waals surface area contributed by atoms with Crippen LogP contribution in [-0.2, 0) is 4.79 Å². The number of hydrogen-bond donors (Lipinski definition) is 2. The summed E-state index contributed by atoms with van der Waals surface area (Å²) < 4.78 is 1.71. The zero-order chi connectivity index (χ0) is 25.7. The first-order valence-corrected chi connectivity index (χ1v) is 12.0. The van der Waals surface area contributed by atoms with Crippen LogP contribution in [0.4, 0.5) is 16.3 Å². The Bertz CT molecular complexity index is 1330. The van der Waals surface area contributed by atoms with E-state index in [1.807, 2.05) is 113 Å². The van der Waals surface area contributed by atoms with E-state index in [-0.39, 0.29) is 24.5 Å². The van der Waals surface area contributed by atoms with Crippen molar-refractivity contribution in [2.45, 2.75) is 33.7 Å². The van der Waals surface area contributed by atoms with Crippen LogP contribution in [0.2, 0.25) is 0 Å². The summed E-state index contributed by atoms with van der Waals surface area (Å²) in [5.41, 5.74) is 5.21. The van der Waals surface area contributed by atoms with Gasteiger partial charge in [0.2, 0.25) is 5.91 Å². The summed E-state index contributed by atoms with van der Waals surface area (Å²) in [4.78, 5) is 27.8. The Morgan fingerprint density at radius 2 is 1.47 bits per heavy atom. The predicted octanol–water partition coefficient (Wildman–Crippen LogP) is 6.04. The molecular formula is C29H31N5O2. The Labute approximate surface area is 211 Å². The van der Waals surface area contributed by atoms with Crippen molar-refractivity contribution < 1.29 is 9.59 Å². The lowest BCUT2D eigenvalue weighted by atomic mass is 10.1. The largest absolute Gasteiger partial charge is 0.322 e. The van der Waals surface area contributed by atoms with E-state index < -0.39 is 0 Å². The highest BCUT2D eigenvalue weighted by atomic mass is 16.2. The van der Waals surface area contributed by atoms with Crippen LogP contribution in [0.5, 0.6) is 0 Å². The first kappa shape index (κ1) is 24.7. The van der Waals surface area contributed by atoms with Crippen LogP contribution in [0.3, 0.4) is 0 Å². The number of carbonyl (C=O) groups excluding carboxylic acids is 2. The van der Waals surface area contributed by atoms with Gasteiger partial charge in [-0.05, 0) is 51.0 Å². The maximum atomic E-state index is 13.2. The highest BCUT2D eigenvalue weighted by Gasteiger charge is 2.22. The smallest absolute Gasteiger partial charge is 0.313 e. The van der Waals surface area contributed by atoms with Crippen LogP contribution in [0.1, 0.15) is 25.0 Å². The van der Waals surface area contributed by atoms with Crippen molar-refractivity contribution in [1.82, 2.24) is 14.7 Å². The van der Waals surface area contributed by atoms with Crippen LogP contribution in [0, 0.1) is 13.8 Å². The minimum Gasteiger partial charge on any atom is -0.313 e. The molecule has 0 unspecified atom stereocenters. The summed E-state index contributed by atoms with van der Waals surface area (Å²) in [6.45, 7) is 7.57. The Morgan fingerprint density at radius 1 is 0.861 bits per heavy atom. The fourth-order valence-electron chi connectivity index (χ4n) is 4.00. The van der Waals surface area contributed by atoms with Crippen molar-refractivity contribution in [2.24, 2.45) is 0 Å². The number of nitrogens with zero attached hydrogens (tertiary/aromatic N) is 3. The van der Waals surface area contributed by atoms with Crippen molar-refractivity contribution in [3.05, 3.63) is 96.1 Å². The van der Waals surface area contributed by atoms with Crippen molar-refractivity contribution >= 4 is 23.4 Å². The average molecular weight is 482 g/mol. The lowest BCUT2D eigenvalue weighted by molar-refractivity contribution is -0.117. The summed E-state index contributed by atoms with van der Waals surface area (Å²) in [5, 5.41) is 10.7. The molecule has 0 saturated heterocycles. The fourth-order valence-corrected chi connectivity index (χ4v) is 4.00. The predicted molar refractivity (Wildman–Crippen MR) is 144 cm³/mol. The molecule has 3 aromatic carbocycles. The lowest BCUT2D eigenvalue weighted by Gasteiger charge is -2.27. The minimum absolute atomic E-state index is 0.102. The van der Waals surface area contributed by atoms with Gasteiger partial charge < -0.3 is 15.5 Å². The summed E-state index contributed by atoms with van der Waals surface area (Å²) in [5.74, 6) is 0.223. The number of benzene rings is 3. The first-order valence-electron chi connectivity index (χ1n) is 12.0. The van der Waals surface area contributed by atoms with Gasteiger partial charge >= 0.3 is 6.03 Å². The summed E-state index contributed by atoms with van der Waals surface area (Å²) in [7, 11) is 0. The third kappa shape index (κ3) is 5.63. The first-order chi connectivity index (χ1) is 17.3. The summed E-state index contributed by atoms with van der Waals surface area (Å²) in [6.07, 6.45) is 0. The molecular weight excluding hydrogens is 450 g/mol. The Hall–Kier alpha value is -4.39. The van der Waals surface area contributed by atoms with Crippen molar-refractivity contribution in [3.63, 3.8) is 0 Å². The molecule has 7 nitrogen and oxygen atoms in total. The van der Waals surface area contributed by atoms with Crippen molar-refractivity contribution in [3.8, 4) is 16.9 Å². The molecule has 0 aliphatic rings.